The topological polar surface area (TPSA) is 81.9 Å². The quantitative estimate of drug-likeness (QED) is 0.785. The van der Waals surface area contributed by atoms with E-state index in [1.807, 2.05) is 17.8 Å². The molecule has 1 aromatic carbocycles. The molecule has 0 radical (unpaired) electrons. The first-order valence-electron chi connectivity index (χ1n) is 7.93. The van der Waals surface area contributed by atoms with Crippen molar-refractivity contribution in [3.8, 4) is 0 Å². The van der Waals surface area contributed by atoms with E-state index in [0.29, 0.717) is 24.1 Å². The van der Waals surface area contributed by atoms with Crippen molar-refractivity contribution in [2.24, 2.45) is 7.05 Å². The van der Waals surface area contributed by atoms with E-state index in [1.54, 1.807) is 6.20 Å². The Morgan fingerprint density at radius 2 is 2.00 bits per heavy atom. The molecule has 8 heteroatoms. The Hall–Kier alpha value is -2.87. The second-order valence-electron chi connectivity index (χ2n) is 5.93. The minimum atomic E-state index is -0.627. The van der Waals surface area contributed by atoms with Crippen LogP contribution in [0.15, 0.2) is 36.9 Å². The molecule has 4 rings (SSSR count). The summed E-state index contributed by atoms with van der Waals surface area (Å²) >= 11 is 0. The van der Waals surface area contributed by atoms with Gasteiger partial charge in [-0.2, -0.15) is 0 Å². The molecule has 0 unspecified atom stereocenters. The number of aryl methyl sites for hydroxylation is 1. The van der Waals surface area contributed by atoms with Gasteiger partial charge in [-0.1, -0.05) is 0 Å². The largest absolute Gasteiger partial charge is 0.368 e. The molecule has 2 atom stereocenters. The van der Waals surface area contributed by atoms with Gasteiger partial charge in [-0.25, -0.2) is 9.37 Å². The lowest BCUT2D eigenvalue weighted by Crippen LogP contribution is -2.38. The zero-order chi connectivity index (χ0) is 17.4. The normalized spacial score (nSPS) is 20.1. The van der Waals surface area contributed by atoms with Crippen LogP contribution in [0.2, 0.25) is 0 Å². The molecule has 1 aliphatic rings. The Balaban J connectivity index is 1.59. The second-order valence-corrected chi connectivity index (χ2v) is 5.93. The molecule has 2 aromatic heterocycles. The molecule has 0 saturated carbocycles. The summed E-state index contributed by atoms with van der Waals surface area (Å²) < 4.78 is 21.9. The fourth-order valence-corrected chi connectivity index (χ4v) is 3.05. The molecule has 1 fully saturated rings. The number of nitrogens with one attached hydrogen (secondary N) is 1. The van der Waals surface area contributed by atoms with E-state index in [1.165, 1.54) is 24.5 Å². The molecule has 3 aromatic rings. The number of imidazole rings is 1. The first kappa shape index (κ1) is 15.6. The Bertz CT molecular complexity index is 942. The highest BCUT2D eigenvalue weighted by atomic mass is 19.1. The Morgan fingerprint density at radius 1 is 1.24 bits per heavy atom. The maximum absolute atomic E-state index is 14.3. The van der Waals surface area contributed by atoms with Crippen molar-refractivity contribution in [3.63, 3.8) is 0 Å². The third-order valence-corrected chi connectivity index (χ3v) is 4.32. The van der Waals surface area contributed by atoms with Gasteiger partial charge in [0, 0.05) is 44.5 Å². The van der Waals surface area contributed by atoms with Crippen molar-refractivity contribution in [2.75, 3.05) is 6.61 Å². The van der Waals surface area contributed by atoms with Crippen LogP contribution in [0.25, 0.3) is 11.0 Å². The van der Waals surface area contributed by atoms with Crippen molar-refractivity contribution in [1.29, 1.82) is 0 Å². The molecule has 128 valence electrons. The number of carbonyl (C=O) groups excluding carboxylic acids is 1. The van der Waals surface area contributed by atoms with Crippen LogP contribution in [0.1, 0.15) is 28.7 Å². The predicted octanol–water partition coefficient (Wildman–Crippen LogP) is 1.76. The van der Waals surface area contributed by atoms with Crippen molar-refractivity contribution in [1.82, 2.24) is 24.8 Å². The van der Waals surface area contributed by atoms with Crippen LogP contribution < -0.4 is 5.32 Å². The number of hydrogen-bond acceptors (Lipinski definition) is 5. The molecule has 25 heavy (non-hydrogen) atoms. The molecule has 1 aliphatic heterocycles. The van der Waals surface area contributed by atoms with Crippen molar-refractivity contribution >= 4 is 16.9 Å². The zero-order valence-electron chi connectivity index (χ0n) is 13.5. The van der Waals surface area contributed by atoms with Crippen molar-refractivity contribution in [3.05, 3.63) is 54.1 Å². The van der Waals surface area contributed by atoms with Gasteiger partial charge < -0.3 is 14.6 Å². The minimum absolute atomic E-state index is 0.0570. The Morgan fingerprint density at radius 3 is 2.72 bits per heavy atom. The number of rotatable bonds is 3. The highest BCUT2D eigenvalue weighted by molar-refractivity contribution is 5.97. The summed E-state index contributed by atoms with van der Waals surface area (Å²) in [7, 11) is 1.87. The van der Waals surface area contributed by atoms with Crippen LogP contribution in [0, 0.1) is 5.82 Å². The van der Waals surface area contributed by atoms with Gasteiger partial charge >= 0.3 is 0 Å². The second kappa shape index (κ2) is 6.21. The van der Waals surface area contributed by atoms with Gasteiger partial charge in [-0.3, -0.25) is 14.8 Å². The van der Waals surface area contributed by atoms with E-state index < -0.39 is 11.7 Å². The van der Waals surface area contributed by atoms with E-state index in [4.69, 9.17) is 4.74 Å². The summed E-state index contributed by atoms with van der Waals surface area (Å²) in [5.74, 6) is -0.398. The molecular weight excluding hydrogens is 325 g/mol. The zero-order valence-corrected chi connectivity index (χ0v) is 13.5. The highest BCUT2D eigenvalue weighted by Gasteiger charge is 2.34. The van der Waals surface area contributed by atoms with Crippen LogP contribution in [0.4, 0.5) is 4.39 Å². The Labute approximate surface area is 142 Å². The van der Waals surface area contributed by atoms with E-state index >= 15 is 0 Å². The van der Waals surface area contributed by atoms with E-state index in [-0.39, 0.29) is 17.7 Å². The summed E-state index contributed by atoms with van der Waals surface area (Å²) in [6, 6.07) is 2.36. The molecule has 1 saturated heterocycles. The lowest BCUT2D eigenvalue weighted by molar-refractivity contribution is 0.0777. The fourth-order valence-electron chi connectivity index (χ4n) is 3.05. The lowest BCUT2D eigenvalue weighted by Gasteiger charge is -2.19. The number of ether oxygens (including phenoxy) is 1. The van der Waals surface area contributed by atoms with E-state index in [0.717, 1.165) is 5.82 Å². The number of carbonyl (C=O) groups is 1. The van der Waals surface area contributed by atoms with Gasteiger partial charge in [0.2, 0.25) is 0 Å². The molecule has 1 amide bonds. The Kier molecular flexibility index (Phi) is 3.89. The van der Waals surface area contributed by atoms with Crippen LogP contribution in [-0.2, 0) is 11.8 Å². The monoisotopic (exact) mass is 341 g/mol. The summed E-state index contributed by atoms with van der Waals surface area (Å²) in [5.41, 5.74) is 0.822. The van der Waals surface area contributed by atoms with E-state index in [2.05, 4.69) is 20.3 Å². The van der Waals surface area contributed by atoms with Gasteiger partial charge in [-0.15, -0.1) is 0 Å². The number of halogens is 1. The fraction of sp³-hybridized carbons (Fsp3) is 0.294. The van der Waals surface area contributed by atoms with Gasteiger partial charge in [0.25, 0.3) is 5.91 Å². The molecule has 0 aliphatic carbocycles. The number of fused-ring (bicyclic) bond motifs is 1. The first-order chi connectivity index (χ1) is 12.1. The summed E-state index contributed by atoms with van der Waals surface area (Å²) in [6.45, 7) is 0.508. The highest BCUT2D eigenvalue weighted by Crippen LogP contribution is 2.28. The number of benzene rings is 1. The standard InChI is InChI=1S/C17H16FN5O2/c1-23-6-5-21-16(23)15-12(2-7-25-15)22-17(24)10-8-13-14(9-11(10)18)20-4-3-19-13/h3-6,8-9,12,15H,2,7H2,1H3,(H,22,24)/t12-,15-/m0/s1. The van der Waals surface area contributed by atoms with Crippen LogP contribution in [0.3, 0.4) is 0 Å². The average Bonchev–Trinajstić information content (AvgIpc) is 3.22. The summed E-state index contributed by atoms with van der Waals surface area (Å²) in [4.78, 5) is 25.0. The minimum Gasteiger partial charge on any atom is -0.368 e. The lowest BCUT2D eigenvalue weighted by atomic mass is 10.1. The average molecular weight is 341 g/mol. The van der Waals surface area contributed by atoms with Crippen LogP contribution >= 0.6 is 0 Å². The number of hydrogen-bond donors (Lipinski definition) is 1. The SMILES string of the molecule is Cn1ccnc1[C@H]1OCC[C@@H]1NC(=O)c1cc2nccnc2cc1F. The van der Waals surface area contributed by atoms with Gasteiger partial charge in [0.1, 0.15) is 17.7 Å². The summed E-state index contributed by atoms with van der Waals surface area (Å²) in [6.07, 6.45) is 6.76. The number of nitrogens with zero attached hydrogens (tertiary/aromatic N) is 4. The molecule has 1 N–H and O–H groups in total. The smallest absolute Gasteiger partial charge is 0.254 e. The predicted molar refractivity (Wildman–Crippen MR) is 87.3 cm³/mol. The molecular formula is C17H16FN5O2. The molecule has 3 heterocycles. The van der Waals surface area contributed by atoms with Gasteiger partial charge in [0.05, 0.1) is 22.6 Å². The number of amides is 1. The van der Waals surface area contributed by atoms with Gasteiger partial charge in [0.15, 0.2) is 0 Å². The number of aromatic nitrogens is 4. The van der Waals surface area contributed by atoms with Crippen molar-refractivity contribution < 1.29 is 13.9 Å². The third-order valence-electron chi connectivity index (χ3n) is 4.32. The van der Waals surface area contributed by atoms with Gasteiger partial charge in [-0.05, 0) is 12.5 Å². The molecule has 0 bridgehead atoms. The molecule has 0 spiro atoms. The third kappa shape index (κ3) is 2.85. The molecule has 7 nitrogen and oxygen atoms in total. The van der Waals surface area contributed by atoms with Crippen molar-refractivity contribution in [2.45, 2.75) is 18.6 Å². The summed E-state index contributed by atoms with van der Waals surface area (Å²) in [5, 5.41) is 2.86. The maximum Gasteiger partial charge on any atom is 0.254 e. The van der Waals surface area contributed by atoms with E-state index in [9.17, 15) is 9.18 Å². The maximum atomic E-state index is 14.3. The van der Waals surface area contributed by atoms with Crippen LogP contribution in [-0.4, -0.2) is 38.1 Å². The first-order valence-corrected chi connectivity index (χ1v) is 7.93. The van der Waals surface area contributed by atoms with Crippen LogP contribution in [0.5, 0.6) is 0 Å².